The van der Waals surface area contributed by atoms with E-state index in [2.05, 4.69) is 5.32 Å². The summed E-state index contributed by atoms with van der Waals surface area (Å²) in [6.07, 6.45) is 0.591. The Kier molecular flexibility index (Phi) is 6.33. The number of ether oxygens (including phenoxy) is 1. The van der Waals surface area contributed by atoms with Crippen molar-refractivity contribution in [1.29, 1.82) is 0 Å². The fraction of sp³-hybridized carbons (Fsp3) is 0.294. The van der Waals surface area contributed by atoms with Gasteiger partial charge in [0.05, 0.1) is 17.1 Å². The highest BCUT2D eigenvalue weighted by Gasteiger charge is 2.26. The van der Waals surface area contributed by atoms with E-state index in [1.54, 1.807) is 6.92 Å². The highest BCUT2D eigenvalue weighted by Crippen LogP contribution is 2.35. The van der Waals surface area contributed by atoms with Gasteiger partial charge >= 0.3 is 5.97 Å². The molecule has 1 amide bonds. The number of nitrogens with zero attached hydrogens (tertiary/aromatic N) is 1. The van der Waals surface area contributed by atoms with Crippen molar-refractivity contribution >= 4 is 45.5 Å². The zero-order valence-corrected chi connectivity index (χ0v) is 16.0. The summed E-state index contributed by atoms with van der Waals surface area (Å²) in [6.45, 7) is 5.63. The summed E-state index contributed by atoms with van der Waals surface area (Å²) in [5.74, 6) is -1.22. The number of nitro benzene ring substituents is 1. The standard InChI is InChI=1S/C17H17ClN2O5S/c1-4-11-9(3)26-16(14(11)17(22)25-5-2)19-15(21)12-7-6-10(18)8-13(12)20(23)24/h6-8H,4-5H2,1-3H3,(H,19,21). The Morgan fingerprint density at radius 3 is 2.62 bits per heavy atom. The second kappa shape index (κ2) is 8.29. The van der Waals surface area contributed by atoms with Crippen molar-refractivity contribution in [3.05, 3.63) is 54.9 Å². The fourth-order valence-electron chi connectivity index (χ4n) is 2.53. The number of amides is 1. The van der Waals surface area contributed by atoms with Gasteiger partial charge in [0.15, 0.2) is 0 Å². The number of aryl methyl sites for hydroxylation is 1. The molecule has 26 heavy (non-hydrogen) atoms. The summed E-state index contributed by atoms with van der Waals surface area (Å²) in [6, 6.07) is 3.79. The Morgan fingerprint density at radius 1 is 1.35 bits per heavy atom. The van der Waals surface area contributed by atoms with Crippen molar-refractivity contribution < 1.29 is 19.2 Å². The van der Waals surface area contributed by atoms with Crippen LogP contribution in [-0.4, -0.2) is 23.4 Å². The van der Waals surface area contributed by atoms with Crippen LogP contribution in [0.2, 0.25) is 5.02 Å². The number of nitro groups is 1. The van der Waals surface area contributed by atoms with Gasteiger partial charge in [0, 0.05) is 16.0 Å². The minimum absolute atomic E-state index is 0.140. The molecule has 0 aliphatic rings. The number of carbonyl (C=O) groups excluding carboxylic acids is 2. The number of esters is 1. The maximum Gasteiger partial charge on any atom is 0.341 e. The van der Waals surface area contributed by atoms with Crippen LogP contribution in [0.5, 0.6) is 0 Å². The van der Waals surface area contributed by atoms with E-state index in [4.69, 9.17) is 16.3 Å². The largest absolute Gasteiger partial charge is 0.462 e. The molecule has 9 heteroatoms. The number of thiophene rings is 1. The first-order valence-corrected chi connectivity index (χ1v) is 9.04. The van der Waals surface area contributed by atoms with E-state index >= 15 is 0 Å². The molecule has 0 saturated heterocycles. The predicted molar refractivity (Wildman–Crippen MR) is 100 cm³/mol. The Labute approximate surface area is 159 Å². The van der Waals surface area contributed by atoms with Gasteiger partial charge in [-0.25, -0.2) is 4.79 Å². The van der Waals surface area contributed by atoms with Gasteiger partial charge in [-0.1, -0.05) is 18.5 Å². The third kappa shape index (κ3) is 4.03. The van der Waals surface area contributed by atoms with Crippen molar-refractivity contribution in [2.75, 3.05) is 11.9 Å². The lowest BCUT2D eigenvalue weighted by Gasteiger charge is -2.08. The molecule has 138 valence electrons. The first kappa shape index (κ1) is 19.9. The van der Waals surface area contributed by atoms with Crippen LogP contribution in [-0.2, 0) is 11.2 Å². The summed E-state index contributed by atoms with van der Waals surface area (Å²) in [7, 11) is 0. The van der Waals surface area contributed by atoms with E-state index in [1.807, 2.05) is 13.8 Å². The second-order valence-electron chi connectivity index (χ2n) is 5.29. The van der Waals surface area contributed by atoms with E-state index in [9.17, 15) is 19.7 Å². The highest BCUT2D eigenvalue weighted by atomic mass is 35.5. The Balaban J connectivity index is 2.45. The van der Waals surface area contributed by atoms with Crippen molar-refractivity contribution in [2.45, 2.75) is 27.2 Å². The molecule has 0 atom stereocenters. The molecule has 2 rings (SSSR count). The van der Waals surface area contributed by atoms with E-state index < -0.39 is 22.5 Å². The second-order valence-corrected chi connectivity index (χ2v) is 6.95. The van der Waals surface area contributed by atoms with Crippen LogP contribution in [0, 0.1) is 17.0 Å². The van der Waals surface area contributed by atoms with Crippen LogP contribution >= 0.6 is 22.9 Å². The number of hydrogen-bond acceptors (Lipinski definition) is 6. The van der Waals surface area contributed by atoms with Crippen LogP contribution in [0.15, 0.2) is 18.2 Å². The molecule has 0 spiro atoms. The number of hydrogen-bond donors (Lipinski definition) is 1. The Hall–Kier alpha value is -2.45. The molecular weight excluding hydrogens is 380 g/mol. The normalized spacial score (nSPS) is 10.5. The SMILES string of the molecule is CCOC(=O)c1c(NC(=O)c2ccc(Cl)cc2[N+](=O)[O-])sc(C)c1CC. The van der Waals surface area contributed by atoms with Gasteiger partial charge in [0.1, 0.15) is 10.6 Å². The number of benzene rings is 1. The van der Waals surface area contributed by atoms with Gasteiger partial charge in [-0.2, -0.15) is 0 Å². The summed E-state index contributed by atoms with van der Waals surface area (Å²) in [4.78, 5) is 36.3. The van der Waals surface area contributed by atoms with Crippen LogP contribution < -0.4 is 5.32 Å². The lowest BCUT2D eigenvalue weighted by molar-refractivity contribution is -0.385. The first-order chi connectivity index (χ1) is 12.3. The Morgan fingerprint density at radius 2 is 2.04 bits per heavy atom. The average molecular weight is 397 g/mol. The highest BCUT2D eigenvalue weighted by molar-refractivity contribution is 7.16. The average Bonchev–Trinajstić information content (AvgIpc) is 2.89. The zero-order chi connectivity index (χ0) is 19.4. The minimum Gasteiger partial charge on any atom is -0.462 e. The van der Waals surface area contributed by atoms with Gasteiger partial charge < -0.3 is 10.1 Å². The number of rotatable bonds is 6. The summed E-state index contributed by atoms with van der Waals surface area (Å²) >= 11 is 7.01. The molecule has 0 saturated carbocycles. The maximum atomic E-state index is 12.6. The summed E-state index contributed by atoms with van der Waals surface area (Å²) in [5, 5.41) is 14.3. The van der Waals surface area contributed by atoms with Crippen LogP contribution in [0.25, 0.3) is 0 Å². The smallest absolute Gasteiger partial charge is 0.341 e. The topological polar surface area (TPSA) is 98.5 Å². The van der Waals surface area contributed by atoms with Gasteiger partial charge in [0.25, 0.3) is 11.6 Å². The van der Waals surface area contributed by atoms with E-state index in [0.717, 1.165) is 16.5 Å². The molecule has 0 aliphatic carbocycles. The van der Waals surface area contributed by atoms with Crippen molar-refractivity contribution in [3.63, 3.8) is 0 Å². The maximum absolute atomic E-state index is 12.6. The predicted octanol–water partition coefficient (Wildman–Crippen LogP) is 4.61. The Bertz CT molecular complexity index is 878. The molecule has 0 unspecified atom stereocenters. The fourth-order valence-corrected chi connectivity index (χ4v) is 3.82. The molecule has 1 N–H and O–H groups in total. The lowest BCUT2D eigenvalue weighted by atomic mass is 10.1. The number of halogens is 1. The van der Waals surface area contributed by atoms with Gasteiger partial charge in [-0.05, 0) is 38.0 Å². The molecule has 0 bridgehead atoms. The molecule has 1 aromatic carbocycles. The number of nitrogens with one attached hydrogen (secondary N) is 1. The molecule has 0 aliphatic heterocycles. The van der Waals surface area contributed by atoms with Gasteiger partial charge in [-0.15, -0.1) is 11.3 Å². The molecular formula is C17H17ClN2O5S. The lowest BCUT2D eigenvalue weighted by Crippen LogP contribution is -2.16. The number of anilines is 1. The van der Waals surface area contributed by atoms with Crippen LogP contribution in [0.4, 0.5) is 10.7 Å². The molecule has 0 radical (unpaired) electrons. The quantitative estimate of drug-likeness (QED) is 0.436. The molecule has 1 heterocycles. The minimum atomic E-state index is -0.692. The molecule has 7 nitrogen and oxygen atoms in total. The third-order valence-electron chi connectivity index (χ3n) is 3.67. The van der Waals surface area contributed by atoms with Crippen molar-refractivity contribution in [2.24, 2.45) is 0 Å². The first-order valence-electron chi connectivity index (χ1n) is 7.84. The van der Waals surface area contributed by atoms with E-state index in [1.165, 1.54) is 23.5 Å². The van der Waals surface area contributed by atoms with Crippen LogP contribution in [0.3, 0.4) is 0 Å². The zero-order valence-electron chi connectivity index (χ0n) is 14.4. The number of carbonyl (C=O) groups is 2. The van der Waals surface area contributed by atoms with E-state index in [-0.39, 0.29) is 17.2 Å². The molecule has 0 fully saturated rings. The van der Waals surface area contributed by atoms with Crippen molar-refractivity contribution in [1.82, 2.24) is 0 Å². The summed E-state index contributed by atoms with van der Waals surface area (Å²) in [5.41, 5.74) is 0.533. The van der Waals surface area contributed by atoms with Crippen LogP contribution in [0.1, 0.15) is 45.0 Å². The van der Waals surface area contributed by atoms with Gasteiger partial charge in [-0.3, -0.25) is 14.9 Å². The van der Waals surface area contributed by atoms with Gasteiger partial charge in [0.2, 0.25) is 0 Å². The van der Waals surface area contributed by atoms with E-state index in [0.29, 0.717) is 17.0 Å². The monoisotopic (exact) mass is 396 g/mol. The molecule has 1 aromatic heterocycles. The summed E-state index contributed by atoms with van der Waals surface area (Å²) < 4.78 is 5.08. The van der Waals surface area contributed by atoms with Crippen molar-refractivity contribution in [3.8, 4) is 0 Å². The third-order valence-corrected chi connectivity index (χ3v) is 4.97. The molecule has 2 aromatic rings.